The average molecular weight is 551 g/mol. The van der Waals surface area contributed by atoms with Crippen molar-refractivity contribution in [2.75, 3.05) is 52.0 Å². The zero-order valence-corrected chi connectivity index (χ0v) is 23.8. The van der Waals surface area contributed by atoms with Gasteiger partial charge in [-0.1, -0.05) is 30.3 Å². The molecular weight excluding hydrogens is 508 g/mol. The highest BCUT2D eigenvalue weighted by molar-refractivity contribution is 5.61. The van der Waals surface area contributed by atoms with Gasteiger partial charge >= 0.3 is 0 Å². The summed E-state index contributed by atoms with van der Waals surface area (Å²) in [6.07, 6.45) is 3.92. The fourth-order valence-electron chi connectivity index (χ4n) is 5.91. The Kier molecular flexibility index (Phi) is 9.85. The summed E-state index contributed by atoms with van der Waals surface area (Å²) < 4.78 is 23.3. The number of anilines is 1. The van der Waals surface area contributed by atoms with Crippen LogP contribution < -0.4 is 19.7 Å². The Morgan fingerprint density at radius 2 is 2.02 bits per heavy atom. The van der Waals surface area contributed by atoms with E-state index in [0.29, 0.717) is 19.3 Å². The van der Waals surface area contributed by atoms with Crippen LogP contribution in [0.1, 0.15) is 61.4 Å². The SMILES string of the molecule is CCC(C[C@H]1C[C@H](c2ccc(OC)cc2)[C@@H](OCc2ccc3c(c2)N(CCCOC)CCO3)CN1)c1nn[nH]n1. The maximum atomic E-state index is 6.66. The van der Waals surface area contributed by atoms with Crippen LogP contribution in [0.4, 0.5) is 5.69 Å². The van der Waals surface area contributed by atoms with E-state index in [2.05, 4.69) is 68.1 Å². The zero-order chi connectivity index (χ0) is 27.7. The van der Waals surface area contributed by atoms with Crippen LogP contribution in [0.25, 0.3) is 0 Å². The summed E-state index contributed by atoms with van der Waals surface area (Å²) in [6, 6.07) is 15.2. The summed E-state index contributed by atoms with van der Waals surface area (Å²) >= 11 is 0. The van der Waals surface area contributed by atoms with E-state index >= 15 is 0 Å². The molecule has 2 aromatic carbocycles. The minimum atomic E-state index is 0.0417. The molecule has 2 N–H and O–H groups in total. The molecule has 0 aliphatic carbocycles. The number of hydrogen-bond donors (Lipinski definition) is 2. The predicted octanol–water partition coefficient (Wildman–Crippen LogP) is 4.06. The Labute approximate surface area is 236 Å². The molecule has 1 fully saturated rings. The Morgan fingerprint density at radius 1 is 1.15 bits per heavy atom. The third-order valence-electron chi connectivity index (χ3n) is 8.15. The minimum absolute atomic E-state index is 0.0417. The van der Waals surface area contributed by atoms with E-state index in [-0.39, 0.29) is 17.9 Å². The minimum Gasteiger partial charge on any atom is -0.497 e. The average Bonchev–Trinajstić information content (AvgIpc) is 3.54. The molecule has 4 atom stereocenters. The predicted molar refractivity (Wildman–Crippen MR) is 153 cm³/mol. The van der Waals surface area contributed by atoms with Crippen molar-refractivity contribution in [3.8, 4) is 11.5 Å². The van der Waals surface area contributed by atoms with Crippen LogP contribution in [0.15, 0.2) is 42.5 Å². The second kappa shape index (κ2) is 13.9. The topological polar surface area (TPSA) is 107 Å². The van der Waals surface area contributed by atoms with Gasteiger partial charge in [-0.25, -0.2) is 0 Å². The number of fused-ring (bicyclic) bond motifs is 1. The van der Waals surface area contributed by atoms with Gasteiger partial charge in [0.2, 0.25) is 0 Å². The van der Waals surface area contributed by atoms with Gasteiger partial charge in [0, 0.05) is 44.7 Å². The molecule has 5 rings (SSSR count). The lowest BCUT2D eigenvalue weighted by atomic mass is 9.81. The molecule has 0 amide bonds. The van der Waals surface area contributed by atoms with Crippen molar-refractivity contribution in [2.24, 2.45) is 0 Å². The van der Waals surface area contributed by atoms with Crippen molar-refractivity contribution in [3.05, 3.63) is 59.4 Å². The first-order valence-corrected chi connectivity index (χ1v) is 14.4. The molecule has 1 unspecified atom stereocenters. The summed E-state index contributed by atoms with van der Waals surface area (Å²) in [6.45, 7) is 6.80. The standard InChI is InChI=1S/C30H42N6O4/c1-4-22(30-32-34-35-33-30)17-24-18-26(23-7-9-25(38-3)10-8-23)29(19-31-24)40-20-21-6-11-28-27(16-21)36(13-15-39-28)12-5-14-37-2/h6-11,16,22,24,26,29,31H,4-5,12-15,17-20H2,1-3H3,(H,32,33,34,35)/t22?,24-,26+,29-/m0/s1. The summed E-state index contributed by atoms with van der Waals surface area (Å²) in [5, 5.41) is 18.6. The number of nitrogens with one attached hydrogen (secondary N) is 2. The maximum Gasteiger partial charge on any atom is 0.177 e. The maximum absolute atomic E-state index is 6.66. The number of ether oxygens (including phenoxy) is 4. The lowest BCUT2D eigenvalue weighted by Gasteiger charge is -2.38. The number of benzene rings is 2. The largest absolute Gasteiger partial charge is 0.497 e. The number of tetrazole rings is 1. The number of hydrogen-bond acceptors (Lipinski definition) is 9. The highest BCUT2D eigenvalue weighted by Crippen LogP contribution is 2.36. The Morgan fingerprint density at radius 3 is 2.77 bits per heavy atom. The van der Waals surface area contributed by atoms with Gasteiger partial charge in [0.05, 0.1) is 32.1 Å². The van der Waals surface area contributed by atoms with Gasteiger partial charge in [-0.05, 0) is 61.1 Å². The number of piperidine rings is 1. The van der Waals surface area contributed by atoms with Crippen LogP contribution in [0.5, 0.6) is 11.5 Å². The molecule has 3 aromatic rings. The van der Waals surface area contributed by atoms with Crippen LogP contribution in [0.2, 0.25) is 0 Å². The first-order valence-electron chi connectivity index (χ1n) is 14.4. The fraction of sp³-hybridized carbons (Fsp3) is 0.567. The molecule has 216 valence electrons. The van der Waals surface area contributed by atoms with Crippen molar-refractivity contribution in [1.29, 1.82) is 0 Å². The summed E-state index contributed by atoms with van der Waals surface area (Å²) in [5.41, 5.74) is 3.57. The van der Waals surface area contributed by atoms with Gasteiger partial charge < -0.3 is 29.2 Å². The lowest BCUT2D eigenvalue weighted by molar-refractivity contribution is 0.00166. The molecule has 0 bridgehead atoms. The molecule has 0 radical (unpaired) electrons. The summed E-state index contributed by atoms with van der Waals surface area (Å²) in [4.78, 5) is 2.39. The first-order chi connectivity index (χ1) is 19.7. The van der Waals surface area contributed by atoms with Crippen molar-refractivity contribution in [3.63, 3.8) is 0 Å². The van der Waals surface area contributed by atoms with E-state index in [1.54, 1.807) is 14.2 Å². The molecular formula is C30H42N6O4. The van der Waals surface area contributed by atoms with Gasteiger partial charge in [0.25, 0.3) is 0 Å². The van der Waals surface area contributed by atoms with Crippen LogP contribution in [0.3, 0.4) is 0 Å². The molecule has 3 heterocycles. The molecule has 2 aliphatic rings. The van der Waals surface area contributed by atoms with Crippen molar-refractivity contribution in [2.45, 2.75) is 63.2 Å². The number of nitrogens with zero attached hydrogens (tertiary/aromatic N) is 4. The van der Waals surface area contributed by atoms with E-state index in [1.165, 1.54) is 5.56 Å². The van der Waals surface area contributed by atoms with Gasteiger partial charge in [-0.3, -0.25) is 0 Å². The Bertz CT molecular complexity index is 1180. The van der Waals surface area contributed by atoms with E-state index in [4.69, 9.17) is 18.9 Å². The van der Waals surface area contributed by atoms with Gasteiger partial charge in [0.15, 0.2) is 5.82 Å². The van der Waals surface area contributed by atoms with Crippen LogP contribution in [-0.4, -0.2) is 79.8 Å². The first kappa shape index (κ1) is 28.3. The number of rotatable bonds is 13. The number of aromatic nitrogens is 4. The third kappa shape index (κ3) is 6.92. The molecule has 10 nitrogen and oxygen atoms in total. The second-order valence-electron chi connectivity index (χ2n) is 10.7. The monoisotopic (exact) mass is 550 g/mol. The number of aromatic amines is 1. The molecule has 1 aromatic heterocycles. The van der Waals surface area contributed by atoms with Crippen molar-refractivity contribution in [1.82, 2.24) is 25.9 Å². The molecule has 40 heavy (non-hydrogen) atoms. The summed E-state index contributed by atoms with van der Waals surface area (Å²) in [5.74, 6) is 3.11. The molecule has 10 heteroatoms. The van der Waals surface area contributed by atoms with E-state index in [9.17, 15) is 0 Å². The second-order valence-corrected chi connectivity index (χ2v) is 10.7. The van der Waals surface area contributed by atoms with Crippen LogP contribution >= 0.6 is 0 Å². The Hall–Kier alpha value is -3.21. The highest BCUT2D eigenvalue weighted by Gasteiger charge is 2.34. The van der Waals surface area contributed by atoms with Gasteiger partial charge in [0.1, 0.15) is 18.1 Å². The van der Waals surface area contributed by atoms with Crippen molar-refractivity contribution < 1.29 is 18.9 Å². The van der Waals surface area contributed by atoms with Gasteiger partial charge in [-0.2, -0.15) is 5.21 Å². The van der Waals surface area contributed by atoms with Gasteiger partial charge in [-0.15, -0.1) is 10.2 Å². The number of methoxy groups -OCH3 is 2. The number of H-pyrrole nitrogens is 1. The van der Waals surface area contributed by atoms with E-state index < -0.39 is 0 Å². The normalized spacial score (nSPS) is 21.5. The quantitative estimate of drug-likeness (QED) is 0.305. The molecule has 0 spiro atoms. The zero-order valence-electron chi connectivity index (χ0n) is 23.8. The molecule has 2 aliphatic heterocycles. The third-order valence-corrected chi connectivity index (χ3v) is 8.15. The Balaban J connectivity index is 1.28. The van der Waals surface area contributed by atoms with E-state index in [0.717, 1.165) is 80.5 Å². The van der Waals surface area contributed by atoms with Crippen LogP contribution in [-0.2, 0) is 16.1 Å². The smallest absolute Gasteiger partial charge is 0.177 e. The molecule has 1 saturated heterocycles. The van der Waals surface area contributed by atoms with E-state index in [1.807, 2.05) is 12.1 Å². The van der Waals surface area contributed by atoms with Crippen LogP contribution in [0, 0.1) is 0 Å². The lowest BCUT2D eigenvalue weighted by Crippen LogP contribution is -2.47. The fourth-order valence-corrected chi connectivity index (χ4v) is 5.91. The molecule has 0 saturated carbocycles. The highest BCUT2D eigenvalue weighted by atomic mass is 16.5. The summed E-state index contributed by atoms with van der Waals surface area (Å²) in [7, 11) is 3.45. The van der Waals surface area contributed by atoms with Crippen molar-refractivity contribution >= 4 is 5.69 Å².